The number of methoxy groups -OCH3 is 1. The predicted molar refractivity (Wildman–Crippen MR) is 112 cm³/mol. The van der Waals surface area contributed by atoms with Crippen molar-refractivity contribution < 1.29 is 4.74 Å². The van der Waals surface area contributed by atoms with Crippen LogP contribution in [0.15, 0.2) is 103 Å². The maximum absolute atomic E-state index is 5.23. The van der Waals surface area contributed by atoms with Gasteiger partial charge in [-0.3, -0.25) is 0 Å². The van der Waals surface area contributed by atoms with E-state index in [2.05, 4.69) is 78.9 Å². The molecule has 0 N–H and O–H groups in total. The van der Waals surface area contributed by atoms with Gasteiger partial charge in [0.15, 0.2) is 0 Å². The Balaban J connectivity index is 0.000000131. The first-order valence-corrected chi connectivity index (χ1v) is 8.74. The zero-order valence-electron chi connectivity index (χ0n) is 14.7. The van der Waals surface area contributed by atoms with E-state index in [0.29, 0.717) is 0 Å². The van der Waals surface area contributed by atoms with Crippen LogP contribution in [0.4, 0.5) is 0 Å². The largest absolute Gasteiger partial charge is 0.496 e. The van der Waals surface area contributed by atoms with Gasteiger partial charge in [-0.25, -0.2) is 0 Å². The lowest BCUT2D eigenvalue weighted by molar-refractivity contribution is 0.420. The molecule has 0 fully saturated rings. The quantitative estimate of drug-likeness (QED) is 0.304. The highest BCUT2D eigenvalue weighted by Gasteiger charge is 1.97. The number of rotatable bonds is 1. The van der Waals surface area contributed by atoms with Crippen LogP contribution in [0.5, 0.6) is 5.75 Å². The molecular formula is C25H20O. The smallest absolute Gasteiger partial charge is 0.126 e. The molecule has 0 spiro atoms. The molecule has 0 bridgehead atoms. The van der Waals surface area contributed by atoms with Crippen LogP contribution < -0.4 is 4.74 Å². The first-order chi connectivity index (χ1) is 12.8. The van der Waals surface area contributed by atoms with Crippen LogP contribution in [0.1, 0.15) is 0 Å². The standard InChI is InChI=1S/C14H10.C11H10O/c1-2-6-12-10-14-8-4-3-7-13(14)9-11(12)5-1;1-12-11-8-4-6-9-5-2-3-7-10(9)11/h1-10H;2-8H,1H3. The summed E-state index contributed by atoms with van der Waals surface area (Å²) in [4.78, 5) is 0. The lowest BCUT2D eigenvalue weighted by Crippen LogP contribution is -1.83. The molecule has 0 heterocycles. The highest BCUT2D eigenvalue weighted by Crippen LogP contribution is 2.24. The van der Waals surface area contributed by atoms with Crippen molar-refractivity contribution >= 4 is 32.3 Å². The van der Waals surface area contributed by atoms with Crippen LogP contribution in [0.3, 0.4) is 0 Å². The van der Waals surface area contributed by atoms with Crippen molar-refractivity contribution in [1.29, 1.82) is 0 Å². The van der Waals surface area contributed by atoms with Crippen molar-refractivity contribution in [2.45, 2.75) is 0 Å². The highest BCUT2D eigenvalue weighted by atomic mass is 16.5. The normalized spacial score (nSPS) is 10.5. The monoisotopic (exact) mass is 336 g/mol. The molecule has 0 aliphatic heterocycles. The van der Waals surface area contributed by atoms with Crippen LogP contribution in [0, 0.1) is 0 Å². The summed E-state index contributed by atoms with van der Waals surface area (Å²) in [6, 6.07) is 35.7. The van der Waals surface area contributed by atoms with Gasteiger partial charge in [0.25, 0.3) is 0 Å². The van der Waals surface area contributed by atoms with Gasteiger partial charge in [0.05, 0.1) is 7.11 Å². The summed E-state index contributed by atoms with van der Waals surface area (Å²) < 4.78 is 5.23. The lowest BCUT2D eigenvalue weighted by Gasteiger charge is -2.03. The molecule has 0 aromatic heterocycles. The van der Waals surface area contributed by atoms with E-state index in [-0.39, 0.29) is 0 Å². The summed E-state index contributed by atoms with van der Waals surface area (Å²) in [5.41, 5.74) is 0. The SMILES string of the molecule is COc1cccc2ccccc12.c1ccc2cc3ccccc3cc2c1. The number of benzene rings is 5. The van der Waals surface area contributed by atoms with E-state index >= 15 is 0 Å². The van der Waals surface area contributed by atoms with Gasteiger partial charge in [-0.05, 0) is 45.1 Å². The van der Waals surface area contributed by atoms with Gasteiger partial charge in [-0.15, -0.1) is 0 Å². The fourth-order valence-corrected chi connectivity index (χ4v) is 3.26. The third-order valence-corrected chi connectivity index (χ3v) is 4.58. The molecule has 0 aliphatic rings. The van der Waals surface area contributed by atoms with Gasteiger partial charge >= 0.3 is 0 Å². The summed E-state index contributed by atoms with van der Waals surface area (Å²) in [5.74, 6) is 0.938. The molecule has 26 heavy (non-hydrogen) atoms. The van der Waals surface area contributed by atoms with Crippen LogP contribution >= 0.6 is 0 Å². The molecule has 5 rings (SSSR count). The molecule has 1 nitrogen and oxygen atoms in total. The Morgan fingerprint density at radius 3 is 1.38 bits per heavy atom. The average molecular weight is 336 g/mol. The van der Waals surface area contributed by atoms with E-state index in [4.69, 9.17) is 4.74 Å². The molecule has 0 unspecified atom stereocenters. The minimum atomic E-state index is 0.938. The molecule has 0 saturated heterocycles. The van der Waals surface area contributed by atoms with E-state index in [1.807, 2.05) is 24.3 Å². The summed E-state index contributed by atoms with van der Waals surface area (Å²) in [7, 11) is 1.70. The Labute approximate surface area is 153 Å². The second kappa shape index (κ2) is 7.28. The summed E-state index contributed by atoms with van der Waals surface area (Å²) in [6.07, 6.45) is 0. The lowest BCUT2D eigenvalue weighted by atomic mass is 10.0. The predicted octanol–water partition coefficient (Wildman–Crippen LogP) is 6.84. The number of hydrogen-bond acceptors (Lipinski definition) is 1. The Bertz CT molecular complexity index is 1060. The molecule has 0 saturated carbocycles. The first-order valence-electron chi connectivity index (χ1n) is 8.74. The van der Waals surface area contributed by atoms with Crippen molar-refractivity contribution in [2.24, 2.45) is 0 Å². The van der Waals surface area contributed by atoms with Gasteiger partial charge in [-0.1, -0.05) is 84.9 Å². The maximum atomic E-state index is 5.23. The zero-order valence-corrected chi connectivity index (χ0v) is 14.7. The first kappa shape index (κ1) is 16.2. The molecule has 126 valence electrons. The molecular weight excluding hydrogens is 316 g/mol. The summed E-state index contributed by atoms with van der Waals surface area (Å²) >= 11 is 0. The zero-order chi connectivity index (χ0) is 17.8. The minimum absolute atomic E-state index is 0.938. The van der Waals surface area contributed by atoms with Crippen LogP contribution in [-0.4, -0.2) is 7.11 Å². The third kappa shape index (κ3) is 3.25. The van der Waals surface area contributed by atoms with Crippen molar-refractivity contribution in [1.82, 2.24) is 0 Å². The summed E-state index contributed by atoms with van der Waals surface area (Å²) in [6.45, 7) is 0. The number of hydrogen-bond donors (Lipinski definition) is 0. The Morgan fingerprint density at radius 2 is 0.885 bits per heavy atom. The van der Waals surface area contributed by atoms with Crippen LogP contribution in [-0.2, 0) is 0 Å². The van der Waals surface area contributed by atoms with Gasteiger partial charge in [0.2, 0.25) is 0 Å². The maximum Gasteiger partial charge on any atom is 0.126 e. The van der Waals surface area contributed by atoms with E-state index in [0.717, 1.165) is 5.75 Å². The minimum Gasteiger partial charge on any atom is -0.496 e. The van der Waals surface area contributed by atoms with Gasteiger partial charge in [-0.2, -0.15) is 0 Å². The topological polar surface area (TPSA) is 9.23 Å². The molecule has 1 heteroatoms. The summed E-state index contributed by atoms with van der Waals surface area (Å²) in [5, 5.41) is 7.63. The fraction of sp³-hybridized carbons (Fsp3) is 0.0400. The second-order valence-electron chi connectivity index (χ2n) is 6.23. The Hall–Kier alpha value is -3.32. The van der Waals surface area contributed by atoms with E-state index < -0.39 is 0 Å². The van der Waals surface area contributed by atoms with Crippen molar-refractivity contribution in [3.05, 3.63) is 103 Å². The van der Waals surface area contributed by atoms with Crippen LogP contribution in [0.2, 0.25) is 0 Å². The van der Waals surface area contributed by atoms with Gasteiger partial charge in [0, 0.05) is 5.39 Å². The fourth-order valence-electron chi connectivity index (χ4n) is 3.26. The number of fused-ring (bicyclic) bond motifs is 3. The molecule has 5 aromatic rings. The van der Waals surface area contributed by atoms with Crippen molar-refractivity contribution in [2.75, 3.05) is 7.11 Å². The average Bonchev–Trinajstić information content (AvgIpc) is 2.72. The van der Waals surface area contributed by atoms with Crippen molar-refractivity contribution in [3.63, 3.8) is 0 Å². The van der Waals surface area contributed by atoms with E-state index in [9.17, 15) is 0 Å². The second-order valence-corrected chi connectivity index (χ2v) is 6.23. The van der Waals surface area contributed by atoms with Crippen LogP contribution in [0.25, 0.3) is 32.3 Å². The number of ether oxygens (including phenoxy) is 1. The third-order valence-electron chi connectivity index (χ3n) is 4.58. The Morgan fingerprint density at radius 1 is 0.462 bits per heavy atom. The van der Waals surface area contributed by atoms with E-state index in [1.54, 1.807) is 7.11 Å². The van der Waals surface area contributed by atoms with Gasteiger partial charge < -0.3 is 4.74 Å². The highest BCUT2D eigenvalue weighted by molar-refractivity contribution is 5.98. The van der Waals surface area contributed by atoms with Gasteiger partial charge in [0.1, 0.15) is 5.75 Å². The van der Waals surface area contributed by atoms with Crippen molar-refractivity contribution in [3.8, 4) is 5.75 Å². The molecule has 0 amide bonds. The van der Waals surface area contributed by atoms with E-state index in [1.165, 1.54) is 32.3 Å². The molecule has 0 radical (unpaired) electrons. The molecule has 5 aromatic carbocycles. The molecule has 0 atom stereocenters. The molecule has 0 aliphatic carbocycles. The Kier molecular flexibility index (Phi) is 4.53.